The van der Waals surface area contributed by atoms with E-state index in [9.17, 15) is 9.18 Å². The van der Waals surface area contributed by atoms with Crippen LogP contribution in [0.25, 0.3) is 16.8 Å². The van der Waals surface area contributed by atoms with Crippen molar-refractivity contribution in [3.05, 3.63) is 77.7 Å². The first-order valence-electron chi connectivity index (χ1n) is 10.2. The SMILES string of the molecule is Cc1cc(F)c(-c2ccc3nc(N)nn3c2)cc1NC(=O)N1OCCC1c1ccccc1. The van der Waals surface area contributed by atoms with Crippen LogP contribution in [0.4, 0.5) is 20.8 Å². The van der Waals surface area contributed by atoms with Crippen LogP contribution in [-0.2, 0) is 4.84 Å². The van der Waals surface area contributed by atoms with E-state index in [0.29, 0.717) is 41.1 Å². The number of hydrogen-bond acceptors (Lipinski definition) is 5. The Kier molecular flexibility index (Phi) is 4.95. The van der Waals surface area contributed by atoms with Crippen molar-refractivity contribution in [3.8, 4) is 11.1 Å². The third-order valence-corrected chi connectivity index (χ3v) is 5.50. The van der Waals surface area contributed by atoms with Crippen LogP contribution in [0.15, 0.2) is 60.8 Å². The maximum absolute atomic E-state index is 14.8. The van der Waals surface area contributed by atoms with E-state index in [1.165, 1.54) is 15.6 Å². The van der Waals surface area contributed by atoms with Crippen LogP contribution in [0.1, 0.15) is 23.6 Å². The summed E-state index contributed by atoms with van der Waals surface area (Å²) in [6.07, 6.45) is 2.35. The van der Waals surface area contributed by atoms with Crippen LogP contribution >= 0.6 is 0 Å². The summed E-state index contributed by atoms with van der Waals surface area (Å²) < 4.78 is 16.3. The summed E-state index contributed by atoms with van der Waals surface area (Å²) in [5, 5.41) is 8.30. The number of urea groups is 1. The first kappa shape index (κ1) is 20.0. The Bertz CT molecular complexity index is 1310. The number of nitrogens with two attached hydrogens (primary N) is 1. The maximum Gasteiger partial charge on any atom is 0.346 e. The first-order chi connectivity index (χ1) is 15.5. The number of fused-ring (bicyclic) bond motifs is 1. The lowest BCUT2D eigenvalue weighted by Crippen LogP contribution is -2.33. The van der Waals surface area contributed by atoms with E-state index in [4.69, 9.17) is 10.6 Å². The van der Waals surface area contributed by atoms with E-state index in [1.54, 1.807) is 31.3 Å². The average Bonchev–Trinajstić information content (AvgIpc) is 3.41. The van der Waals surface area contributed by atoms with Crippen LogP contribution in [-0.4, -0.2) is 32.3 Å². The van der Waals surface area contributed by atoms with Gasteiger partial charge in [-0.1, -0.05) is 30.3 Å². The quantitative estimate of drug-likeness (QED) is 0.502. The molecule has 0 aliphatic carbocycles. The van der Waals surface area contributed by atoms with Gasteiger partial charge in [0.05, 0.1) is 12.6 Å². The molecule has 1 unspecified atom stereocenters. The van der Waals surface area contributed by atoms with Gasteiger partial charge in [0.15, 0.2) is 5.65 Å². The first-order valence-corrected chi connectivity index (χ1v) is 10.2. The zero-order valence-corrected chi connectivity index (χ0v) is 17.3. The van der Waals surface area contributed by atoms with Crippen LogP contribution in [0.5, 0.6) is 0 Å². The number of carbonyl (C=O) groups is 1. The van der Waals surface area contributed by atoms with Crippen molar-refractivity contribution in [2.24, 2.45) is 0 Å². The molecule has 3 heterocycles. The molecule has 2 aromatic carbocycles. The molecular weight excluding hydrogens is 411 g/mol. The van der Waals surface area contributed by atoms with Gasteiger partial charge < -0.3 is 11.1 Å². The number of halogens is 1. The lowest BCUT2D eigenvalue weighted by molar-refractivity contribution is -0.0829. The highest BCUT2D eigenvalue weighted by Crippen LogP contribution is 2.33. The lowest BCUT2D eigenvalue weighted by atomic mass is 10.0. The van der Waals surface area contributed by atoms with Crippen LogP contribution in [0, 0.1) is 12.7 Å². The minimum Gasteiger partial charge on any atom is -0.366 e. The van der Waals surface area contributed by atoms with Gasteiger partial charge in [0.25, 0.3) is 0 Å². The van der Waals surface area contributed by atoms with E-state index in [-0.39, 0.29) is 12.0 Å². The number of aromatic nitrogens is 3. The highest BCUT2D eigenvalue weighted by atomic mass is 19.1. The van der Waals surface area contributed by atoms with Crippen LogP contribution < -0.4 is 11.1 Å². The number of hydrogen-bond donors (Lipinski definition) is 2. The minimum atomic E-state index is -0.410. The number of benzene rings is 2. The number of carbonyl (C=O) groups excluding carboxylic acids is 1. The normalized spacial score (nSPS) is 15.9. The van der Waals surface area contributed by atoms with Gasteiger partial charge in [0, 0.05) is 29.4 Å². The van der Waals surface area contributed by atoms with Gasteiger partial charge in [-0.05, 0) is 42.3 Å². The molecule has 1 aliphatic heterocycles. The van der Waals surface area contributed by atoms with Crippen molar-refractivity contribution < 1.29 is 14.0 Å². The number of nitrogen functional groups attached to an aromatic ring is 1. The summed E-state index contributed by atoms with van der Waals surface area (Å²) in [6, 6.07) is 15.6. The number of aryl methyl sites for hydroxylation is 1. The number of rotatable bonds is 3. The van der Waals surface area contributed by atoms with Crippen molar-refractivity contribution in [2.75, 3.05) is 17.7 Å². The van der Waals surface area contributed by atoms with E-state index in [0.717, 1.165) is 5.56 Å². The fourth-order valence-corrected chi connectivity index (χ4v) is 3.91. The molecule has 1 saturated heterocycles. The van der Waals surface area contributed by atoms with Crippen LogP contribution in [0.3, 0.4) is 0 Å². The number of anilines is 2. The second-order valence-electron chi connectivity index (χ2n) is 7.64. The molecule has 5 rings (SSSR count). The monoisotopic (exact) mass is 432 g/mol. The molecule has 32 heavy (non-hydrogen) atoms. The number of hydroxylamine groups is 2. The molecule has 2 amide bonds. The summed E-state index contributed by atoms with van der Waals surface area (Å²) >= 11 is 0. The second kappa shape index (κ2) is 7.93. The molecule has 1 fully saturated rings. The molecule has 1 atom stereocenters. The molecule has 1 aliphatic rings. The molecule has 0 saturated carbocycles. The number of nitrogens with one attached hydrogen (secondary N) is 1. The summed E-state index contributed by atoms with van der Waals surface area (Å²) in [4.78, 5) is 22.7. The fraction of sp³-hybridized carbons (Fsp3) is 0.174. The highest BCUT2D eigenvalue weighted by molar-refractivity contribution is 5.91. The zero-order chi connectivity index (χ0) is 22.2. The topological polar surface area (TPSA) is 97.8 Å². The van der Waals surface area contributed by atoms with Gasteiger partial charge in [-0.2, -0.15) is 10.0 Å². The van der Waals surface area contributed by atoms with Gasteiger partial charge in [-0.3, -0.25) is 4.84 Å². The Morgan fingerprint density at radius 1 is 1.22 bits per heavy atom. The van der Waals surface area contributed by atoms with Gasteiger partial charge in [0.2, 0.25) is 5.95 Å². The molecule has 9 heteroatoms. The largest absolute Gasteiger partial charge is 0.366 e. The Balaban J connectivity index is 1.44. The van der Waals surface area contributed by atoms with Gasteiger partial charge in [0.1, 0.15) is 5.82 Å². The third-order valence-electron chi connectivity index (χ3n) is 5.50. The smallest absolute Gasteiger partial charge is 0.346 e. The van der Waals surface area contributed by atoms with Gasteiger partial charge >= 0.3 is 6.03 Å². The molecule has 0 spiro atoms. The summed E-state index contributed by atoms with van der Waals surface area (Å²) in [6.45, 7) is 2.19. The van der Waals surface area contributed by atoms with Crippen molar-refractivity contribution in [2.45, 2.75) is 19.4 Å². The number of nitrogens with zero attached hydrogens (tertiary/aromatic N) is 4. The molecular formula is C23H21FN6O2. The third kappa shape index (κ3) is 3.63. The molecule has 8 nitrogen and oxygen atoms in total. The van der Waals surface area contributed by atoms with E-state index in [2.05, 4.69) is 15.4 Å². The van der Waals surface area contributed by atoms with Crippen molar-refractivity contribution >= 4 is 23.3 Å². The zero-order valence-electron chi connectivity index (χ0n) is 17.3. The molecule has 0 bridgehead atoms. The Morgan fingerprint density at radius 3 is 2.84 bits per heavy atom. The van der Waals surface area contributed by atoms with E-state index < -0.39 is 11.8 Å². The summed E-state index contributed by atoms with van der Waals surface area (Å²) in [5.41, 5.74) is 9.19. The Labute approximate surface area is 183 Å². The summed E-state index contributed by atoms with van der Waals surface area (Å²) in [5.74, 6) is -0.273. The minimum absolute atomic E-state index is 0.137. The lowest BCUT2D eigenvalue weighted by Gasteiger charge is -2.23. The van der Waals surface area contributed by atoms with Crippen molar-refractivity contribution in [3.63, 3.8) is 0 Å². The average molecular weight is 432 g/mol. The highest BCUT2D eigenvalue weighted by Gasteiger charge is 2.32. The number of amides is 2. The molecule has 162 valence electrons. The van der Waals surface area contributed by atoms with Crippen LogP contribution in [0.2, 0.25) is 0 Å². The maximum atomic E-state index is 14.8. The van der Waals surface area contributed by atoms with E-state index in [1.807, 2.05) is 30.3 Å². The van der Waals surface area contributed by atoms with Gasteiger partial charge in [-0.25, -0.2) is 13.7 Å². The Hall–Kier alpha value is -3.98. The van der Waals surface area contributed by atoms with E-state index >= 15 is 0 Å². The predicted molar refractivity (Wildman–Crippen MR) is 118 cm³/mol. The molecule has 0 radical (unpaired) electrons. The predicted octanol–water partition coefficient (Wildman–Crippen LogP) is 4.34. The van der Waals surface area contributed by atoms with Crippen molar-refractivity contribution in [1.82, 2.24) is 19.7 Å². The molecule has 4 aromatic rings. The van der Waals surface area contributed by atoms with Crippen molar-refractivity contribution in [1.29, 1.82) is 0 Å². The Morgan fingerprint density at radius 2 is 2.03 bits per heavy atom. The second-order valence-corrected chi connectivity index (χ2v) is 7.64. The standard InChI is InChI=1S/C23H21FN6O2/c1-14-11-18(24)17(16-7-8-21-27-22(25)28-29(21)13-16)12-19(14)26-23(31)30-20(9-10-32-30)15-5-3-2-4-6-15/h2-8,11-13,20H,9-10H2,1H3,(H2,25,28)(H,26,31). The fourth-order valence-electron chi connectivity index (χ4n) is 3.91. The van der Waals surface area contributed by atoms with Gasteiger partial charge in [-0.15, -0.1) is 5.10 Å². The summed E-state index contributed by atoms with van der Waals surface area (Å²) in [7, 11) is 0. The molecule has 2 aromatic heterocycles. The molecule has 3 N–H and O–H groups in total. The number of pyridine rings is 1.